The topological polar surface area (TPSA) is 75.1 Å². The van der Waals surface area contributed by atoms with Crippen LogP contribution in [-0.4, -0.2) is 59.0 Å². The molecule has 1 saturated heterocycles. The van der Waals surface area contributed by atoms with Crippen LogP contribution in [0.4, 0.5) is 10.6 Å². The first-order chi connectivity index (χ1) is 15.3. The molecule has 180 valence electrons. The Morgan fingerprint density at radius 2 is 1.70 bits per heavy atom. The second kappa shape index (κ2) is 9.59. The van der Waals surface area contributed by atoms with Gasteiger partial charge in [0.15, 0.2) is 0 Å². The number of hydrogen-bond donors (Lipinski definition) is 1. The number of carbonyl (C=O) groups is 1. The summed E-state index contributed by atoms with van der Waals surface area (Å²) in [6, 6.07) is 11.8. The van der Waals surface area contributed by atoms with E-state index in [-0.39, 0.29) is 12.2 Å². The van der Waals surface area contributed by atoms with Crippen molar-refractivity contribution in [3.8, 4) is 17.0 Å². The smallest absolute Gasteiger partial charge is 0.410 e. The summed E-state index contributed by atoms with van der Waals surface area (Å²) in [6.45, 7) is 15.6. The second-order valence-electron chi connectivity index (χ2n) is 10.3. The fourth-order valence-corrected chi connectivity index (χ4v) is 3.73. The molecule has 0 saturated carbocycles. The average molecular weight is 456 g/mol. The van der Waals surface area contributed by atoms with Crippen LogP contribution in [0.2, 0.25) is 0 Å². The molecule has 1 fully saturated rings. The molecule has 1 N–H and O–H groups in total. The van der Waals surface area contributed by atoms with Gasteiger partial charge in [-0.15, -0.1) is 0 Å². The van der Waals surface area contributed by atoms with E-state index >= 15 is 0 Å². The summed E-state index contributed by atoms with van der Waals surface area (Å²) in [4.78, 5) is 21.1. The predicted molar refractivity (Wildman–Crippen MR) is 131 cm³/mol. The second-order valence-corrected chi connectivity index (χ2v) is 10.3. The minimum Gasteiger partial charge on any atom is -0.491 e. The van der Waals surface area contributed by atoms with E-state index in [9.17, 15) is 9.90 Å². The monoisotopic (exact) mass is 455 g/mol. The van der Waals surface area contributed by atoms with Crippen LogP contribution in [0.3, 0.4) is 0 Å². The number of nitrogens with zero attached hydrogens (tertiary/aromatic N) is 3. The zero-order chi connectivity index (χ0) is 24.4. The van der Waals surface area contributed by atoms with Crippen molar-refractivity contribution < 1.29 is 19.4 Å². The number of aromatic nitrogens is 1. The number of ether oxygens (including phenoxy) is 2. The summed E-state index contributed by atoms with van der Waals surface area (Å²) >= 11 is 0. The third kappa shape index (κ3) is 6.60. The van der Waals surface area contributed by atoms with Crippen molar-refractivity contribution in [2.45, 2.75) is 65.8 Å². The molecule has 2 aromatic rings. The molecule has 1 aliphatic rings. The van der Waals surface area contributed by atoms with Crippen LogP contribution in [0.25, 0.3) is 11.3 Å². The van der Waals surface area contributed by atoms with E-state index < -0.39 is 11.2 Å². The zero-order valence-corrected chi connectivity index (χ0v) is 20.9. The van der Waals surface area contributed by atoms with Crippen LogP contribution < -0.4 is 9.64 Å². The van der Waals surface area contributed by atoms with Gasteiger partial charge in [0.1, 0.15) is 17.2 Å². The van der Waals surface area contributed by atoms with Crippen LogP contribution >= 0.6 is 0 Å². The Bertz CT molecular complexity index is 968. The Hall–Kier alpha value is -2.80. The molecule has 1 amide bonds. The van der Waals surface area contributed by atoms with E-state index in [2.05, 4.69) is 4.90 Å². The molecule has 7 nitrogen and oxygen atoms in total. The lowest BCUT2D eigenvalue weighted by atomic mass is 9.94. The van der Waals surface area contributed by atoms with Crippen LogP contribution in [0, 0.1) is 0 Å². The number of amides is 1. The molecule has 0 radical (unpaired) electrons. The molecule has 1 aromatic heterocycles. The Balaban J connectivity index is 1.77. The molecule has 1 aromatic carbocycles. The van der Waals surface area contributed by atoms with Crippen molar-refractivity contribution >= 4 is 11.9 Å². The maximum atomic E-state index is 12.3. The highest BCUT2D eigenvalue weighted by Crippen LogP contribution is 2.34. The van der Waals surface area contributed by atoms with Gasteiger partial charge in [0, 0.05) is 37.3 Å². The van der Waals surface area contributed by atoms with Gasteiger partial charge in [-0.3, -0.25) is 0 Å². The Kier molecular flexibility index (Phi) is 7.22. The number of rotatable bonds is 5. The summed E-state index contributed by atoms with van der Waals surface area (Å²) in [6.07, 6.45) is -0.260. The largest absolute Gasteiger partial charge is 0.491 e. The Morgan fingerprint density at radius 3 is 2.27 bits per heavy atom. The molecule has 7 heteroatoms. The van der Waals surface area contributed by atoms with Crippen LogP contribution in [-0.2, 0) is 10.3 Å². The van der Waals surface area contributed by atoms with Gasteiger partial charge in [-0.25, -0.2) is 9.78 Å². The lowest BCUT2D eigenvalue weighted by Crippen LogP contribution is -2.50. The number of hydrogen-bond acceptors (Lipinski definition) is 6. The van der Waals surface area contributed by atoms with Crippen molar-refractivity contribution in [1.82, 2.24) is 9.88 Å². The third-order valence-corrected chi connectivity index (χ3v) is 5.29. The molecular weight excluding hydrogens is 418 g/mol. The van der Waals surface area contributed by atoms with Crippen LogP contribution in [0.15, 0.2) is 36.4 Å². The van der Waals surface area contributed by atoms with Crippen LogP contribution in [0.1, 0.15) is 54.0 Å². The number of anilines is 1. The summed E-state index contributed by atoms with van der Waals surface area (Å²) in [5.41, 5.74) is 0.922. The number of pyridine rings is 1. The average Bonchev–Trinajstić information content (AvgIpc) is 2.72. The number of carbonyl (C=O) groups excluding carboxylic acids is 1. The number of aliphatic hydroxyl groups is 1. The van der Waals surface area contributed by atoms with Crippen molar-refractivity contribution in [2.24, 2.45) is 0 Å². The van der Waals surface area contributed by atoms with Crippen molar-refractivity contribution in [1.29, 1.82) is 0 Å². The van der Waals surface area contributed by atoms with Gasteiger partial charge in [-0.2, -0.15) is 0 Å². The first-order valence-corrected chi connectivity index (χ1v) is 11.6. The first-order valence-electron chi connectivity index (χ1n) is 11.6. The molecule has 1 aliphatic heterocycles. The van der Waals surface area contributed by atoms with E-state index in [0.29, 0.717) is 31.9 Å². The molecule has 0 unspecified atom stereocenters. The molecule has 0 aliphatic carbocycles. The molecule has 33 heavy (non-hydrogen) atoms. The quantitative estimate of drug-likeness (QED) is 0.697. The fourth-order valence-electron chi connectivity index (χ4n) is 3.73. The van der Waals surface area contributed by atoms with Crippen molar-refractivity contribution in [3.63, 3.8) is 0 Å². The zero-order valence-electron chi connectivity index (χ0n) is 20.9. The standard InChI is InChI=1S/C26H37N3O4/c1-18(2)32-22-12-11-19(17-20(22)26(6,7)31)21-9-8-10-23(27-21)28-13-15-29(16-14-28)24(30)33-25(3,4)5/h8-12,17-18,31H,13-16H2,1-7H3. The van der Waals surface area contributed by atoms with Crippen molar-refractivity contribution in [2.75, 3.05) is 31.1 Å². The summed E-state index contributed by atoms with van der Waals surface area (Å²) in [5.74, 6) is 1.54. The highest BCUT2D eigenvalue weighted by molar-refractivity contribution is 5.69. The maximum Gasteiger partial charge on any atom is 0.410 e. The molecule has 0 spiro atoms. The molecule has 0 bridgehead atoms. The van der Waals surface area contributed by atoms with E-state index in [0.717, 1.165) is 22.6 Å². The van der Waals surface area contributed by atoms with Gasteiger partial charge in [0.2, 0.25) is 0 Å². The Morgan fingerprint density at radius 1 is 1.03 bits per heavy atom. The van der Waals surface area contributed by atoms with Gasteiger partial charge >= 0.3 is 6.09 Å². The summed E-state index contributed by atoms with van der Waals surface area (Å²) in [5, 5.41) is 10.7. The van der Waals surface area contributed by atoms with Crippen molar-refractivity contribution in [3.05, 3.63) is 42.0 Å². The maximum absolute atomic E-state index is 12.3. The molecule has 3 rings (SSSR count). The van der Waals surface area contributed by atoms with E-state index in [4.69, 9.17) is 14.5 Å². The van der Waals surface area contributed by atoms with Gasteiger partial charge in [-0.05, 0) is 78.8 Å². The minimum absolute atomic E-state index is 0.0118. The van der Waals surface area contributed by atoms with E-state index in [1.807, 2.05) is 71.0 Å². The van der Waals surface area contributed by atoms with Gasteiger partial charge in [0.25, 0.3) is 0 Å². The highest BCUT2D eigenvalue weighted by Gasteiger charge is 2.27. The number of piperazine rings is 1. The normalized spacial score (nSPS) is 15.1. The van der Waals surface area contributed by atoms with E-state index in [1.165, 1.54) is 0 Å². The van der Waals surface area contributed by atoms with Gasteiger partial charge in [-0.1, -0.05) is 6.07 Å². The summed E-state index contributed by atoms with van der Waals surface area (Å²) in [7, 11) is 0. The molecule has 0 atom stereocenters. The summed E-state index contributed by atoms with van der Waals surface area (Å²) < 4.78 is 11.4. The van der Waals surface area contributed by atoms with Gasteiger partial charge in [0.05, 0.1) is 17.4 Å². The lowest BCUT2D eigenvalue weighted by Gasteiger charge is -2.36. The minimum atomic E-state index is -1.05. The van der Waals surface area contributed by atoms with E-state index in [1.54, 1.807) is 18.7 Å². The SMILES string of the molecule is CC(C)Oc1ccc(-c2cccc(N3CCN(C(=O)OC(C)(C)C)CC3)n2)cc1C(C)(C)O. The first kappa shape index (κ1) is 24.8. The Labute approximate surface area is 197 Å². The highest BCUT2D eigenvalue weighted by atomic mass is 16.6. The van der Waals surface area contributed by atoms with Gasteiger partial charge < -0.3 is 24.4 Å². The lowest BCUT2D eigenvalue weighted by molar-refractivity contribution is 0.0240. The molecular formula is C26H37N3O4. The molecule has 2 heterocycles. The number of benzene rings is 1. The van der Waals surface area contributed by atoms with Crippen LogP contribution in [0.5, 0.6) is 5.75 Å². The predicted octanol–water partition coefficient (Wildman–Crippen LogP) is 4.82. The third-order valence-electron chi connectivity index (χ3n) is 5.29. The fraction of sp³-hybridized carbons (Fsp3) is 0.538.